The lowest BCUT2D eigenvalue weighted by Gasteiger charge is -2.37. The van der Waals surface area contributed by atoms with Crippen molar-refractivity contribution in [2.75, 3.05) is 33.3 Å². The highest BCUT2D eigenvalue weighted by atomic mass is 35.5. The van der Waals surface area contributed by atoms with Gasteiger partial charge in [-0.05, 0) is 35.9 Å². The molecule has 3 rings (SSSR count). The summed E-state index contributed by atoms with van der Waals surface area (Å²) in [5, 5.41) is 9.58. The number of piperazine rings is 1. The van der Waals surface area contributed by atoms with Gasteiger partial charge in [-0.2, -0.15) is 9.57 Å². The zero-order valence-corrected chi connectivity index (χ0v) is 17.4. The van der Waals surface area contributed by atoms with Gasteiger partial charge < -0.3 is 4.74 Å². The van der Waals surface area contributed by atoms with Crippen LogP contribution in [-0.2, 0) is 19.6 Å². The minimum absolute atomic E-state index is 0.0900. The van der Waals surface area contributed by atoms with E-state index < -0.39 is 22.0 Å². The molecule has 0 N–H and O–H groups in total. The third kappa shape index (κ3) is 4.60. The molecule has 0 amide bonds. The maximum atomic E-state index is 12.9. The van der Waals surface area contributed by atoms with Crippen molar-refractivity contribution in [1.29, 1.82) is 5.26 Å². The molecule has 0 aromatic heterocycles. The standard InChI is InChI=1S/C20H20ClN3O4S/c1-28-20(25)19(16-5-7-17(21)8-6-16)23-9-11-24(12-10-23)29(26,27)18-4-2-3-15(13-18)14-22/h2-8,13,19H,9-12H2,1H3/t19-/m0/s1. The summed E-state index contributed by atoms with van der Waals surface area (Å²) in [5.41, 5.74) is 1.03. The maximum Gasteiger partial charge on any atom is 0.327 e. The van der Waals surface area contributed by atoms with Crippen LogP contribution < -0.4 is 0 Å². The number of carbonyl (C=O) groups is 1. The summed E-state index contributed by atoms with van der Waals surface area (Å²) >= 11 is 5.94. The van der Waals surface area contributed by atoms with Crippen LogP contribution in [0.25, 0.3) is 0 Å². The van der Waals surface area contributed by atoms with Crippen LogP contribution in [0.3, 0.4) is 0 Å². The molecular weight excluding hydrogens is 414 g/mol. The van der Waals surface area contributed by atoms with Crippen molar-refractivity contribution in [2.45, 2.75) is 10.9 Å². The Hall–Kier alpha value is -2.44. The average Bonchev–Trinajstić information content (AvgIpc) is 2.75. The first-order chi connectivity index (χ1) is 13.9. The van der Waals surface area contributed by atoms with E-state index in [9.17, 15) is 13.2 Å². The van der Waals surface area contributed by atoms with E-state index >= 15 is 0 Å². The van der Waals surface area contributed by atoms with Crippen LogP contribution >= 0.6 is 11.6 Å². The summed E-state index contributed by atoms with van der Waals surface area (Å²) < 4.78 is 32.2. The minimum Gasteiger partial charge on any atom is -0.468 e. The summed E-state index contributed by atoms with van der Waals surface area (Å²) in [5.74, 6) is -0.412. The molecule has 1 fully saturated rings. The molecule has 1 heterocycles. The van der Waals surface area contributed by atoms with E-state index in [4.69, 9.17) is 21.6 Å². The molecule has 0 aliphatic carbocycles. The van der Waals surface area contributed by atoms with Gasteiger partial charge in [-0.25, -0.2) is 13.2 Å². The number of hydrogen-bond donors (Lipinski definition) is 0. The van der Waals surface area contributed by atoms with Gasteiger partial charge in [0, 0.05) is 31.2 Å². The van der Waals surface area contributed by atoms with E-state index in [1.807, 2.05) is 11.0 Å². The number of hydrogen-bond acceptors (Lipinski definition) is 6. The van der Waals surface area contributed by atoms with Crippen LogP contribution in [0.5, 0.6) is 0 Å². The first-order valence-corrected chi connectivity index (χ1v) is 10.8. The molecule has 152 valence electrons. The zero-order valence-electron chi connectivity index (χ0n) is 15.8. The van der Waals surface area contributed by atoms with Crippen molar-refractivity contribution < 1.29 is 17.9 Å². The Bertz CT molecular complexity index is 1030. The van der Waals surface area contributed by atoms with Gasteiger partial charge in [0.15, 0.2) is 0 Å². The Kier molecular flexibility index (Phi) is 6.55. The van der Waals surface area contributed by atoms with Crippen molar-refractivity contribution in [3.8, 4) is 6.07 Å². The second kappa shape index (κ2) is 8.93. The number of nitrogens with zero attached hydrogens (tertiary/aromatic N) is 3. The molecule has 1 saturated heterocycles. The van der Waals surface area contributed by atoms with Crippen LogP contribution in [-0.4, -0.2) is 56.9 Å². The lowest BCUT2D eigenvalue weighted by Crippen LogP contribution is -2.51. The molecule has 9 heteroatoms. The van der Waals surface area contributed by atoms with Gasteiger partial charge in [0.1, 0.15) is 6.04 Å². The molecule has 0 bridgehead atoms. The van der Waals surface area contributed by atoms with Gasteiger partial charge in [-0.15, -0.1) is 0 Å². The first-order valence-electron chi connectivity index (χ1n) is 8.94. The van der Waals surface area contributed by atoms with Crippen LogP contribution in [0.4, 0.5) is 0 Å². The number of esters is 1. The number of benzene rings is 2. The molecule has 0 spiro atoms. The van der Waals surface area contributed by atoms with Crippen LogP contribution in [0.2, 0.25) is 5.02 Å². The number of carbonyl (C=O) groups excluding carboxylic acids is 1. The third-order valence-electron chi connectivity index (χ3n) is 4.85. The Morgan fingerprint density at radius 2 is 1.79 bits per heavy atom. The van der Waals surface area contributed by atoms with Gasteiger partial charge in [0.2, 0.25) is 10.0 Å². The van der Waals surface area contributed by atoms with Crippen molar-refractivity contribution in [3.05, 3.63) is 64.7 Å². The largest absolute Gasteiger partial charge is 0.468 e. The molecule has 7 nitrogen and oxygen atoms in total. The normalized spacial score (nSPS) is 16.7. The molecule has 1 aliphatic rings. The number of nitriles is 1. The lowest BCUT2D eigenvalue weighted by molar-refractivity contribution is -0.147. The van der Waals surface area contributed by atoms with Crippen LogP contribution in [0.15, 0.2) is 53.4 Å². The summed E-state index contributed by atoms with van der Waals surface area (Å²) in [7, 11) is -2.39. The topological polar surface area (TPSA) is 90.7 Å². The van der Waals surface area contributed by atoms with E-state index in [1.54, 1.807) is 36.4 Å². The lowest BCUT2D eigenvalue weighted by atomic mass is 10.0. The maximum absolute atomic E-state index is 12.9. The van der Waals surface area contributed by atoms with Gasteiger partial charge in [-0.1, -0.05) is 29.8 Å². The Morgan fingerprint density at radius 1 is 1.14 bits per heavy atom. The second-order valence-corrected chi connectivity index (χ2v) is 8.93. The third-order valence-corrected chi connectivity index (χ3v) is 7.00. The monoisotopic (exact) mass is 433 g/mol. The highest BCUT2D eigenvalue weighted by Gasteiger charge is 2.35. The van der Waals surface area contributed by atoms with Crippen molar-refractivity contribution in [1.82, 2.24) is 9.21 Å². The average molecular weight is 434 g/mol. The van der Waals surface area contributed by atoms with Crippen LogP contribution in [0, 0.1) is 11.3 Å². The smallest absolute Gasteiger partial charge is 0.327 e. The van der Waals surface area contributed by atoms with E-state index in [0.717, 1.165) is 5.56 Å². The van der Waals surface area contributed by atoms with Crippen molar-refractivity contribution >= 4 is 27.6 Å². The van der Waals surface area contributed by atoms with E-state index in [2.05, 4.69) is 0 Å². The van der Waals surface area contributed by atoms with Crippen molar-refractivity contribution in [3.63, 3.8) is 0 Å². The van der Waals surface area contributed by atoms with Gasteiger partial charge in [0.05, 0.1) is 23.6 Å². The predicted octanol–water partition coefficient (Wildman–Crippen LogP) is 2.43. The fraction of sp³-hybridized carbons (Fsp3) is 0.300. The molecule has 2 aromatic carbocycles. The summed E-state index contributed by atoms with van der Waals surface area (Å²) in [6.07, 6.45) is 0. The molecule has 1 atom stereocenters. The summed E-state index contributed by atoms with van der Waals surface area (Å²) in [6.45, 7) is 1.17. The predicted molar refractivity (Wildman–Crippen MR) is 108 cm³/mol. The zero-order chi connectivity index (χ0) is 21.0. The van der Waals surface area contributed by atoms with Gasteiger partial charge >= 0.3 is 5.97 Å². The molecule has 29 heavy (non-hydrogen) atoms. The molecule has 2 aromatic rings. The number of ether oxygens (including phenoxy) is 1. The summed E-state index contributed by atoms with van der Waals surface area (Å²) in [4.78, 5) is 14.4. The van der Waals surface area contributed by atoms with Crippen molar-refractivity contribution in [2.24, 2.45) is 0 Å². The SMILES string of the molecule is COC(=O)[C@H](c1ccc(Cl)cc1)N1CCN(S(=O)(=O)c2cccc(C#N)c2)CC1. The van der Waals surface area contributed by atoms with E-state index in [0.29, 0.717) is 23.7 Å². The van der Waals surface area contributed by atoms with E-state index in [-0.39, 0.29) is 18.0 Å². The Morgan fingerprint density at radius 3 is 2.38 bits per heavy atom. The first kappa shape index (κ1) is 21.3. The molecule has 0 saturated carbocycles. The summed E-state index contributed by atoms with van der Waals surface area (Å²) in [6, 6.07) is 14.2. The van der Waals surface area contributed by atoms with Crippen LogP contribution in [0.1, 0.15) is 17.2 Å². The van der Waals surface area contributed by atoms with Gasteiger partial charge in [0.25, 0.3) is 0 Å². The highest BCUT2D eigenvalue weighted by Crippen LogP contribution is 2.27. The fourth-order valence-electron chi connectivity index (χ4n) is 3.33. The second-order valence-electron chi connectivity index (χ2n) is 6.56. The number of rotatable bonds is 5. The fourth-order valence-corrected chi connectivity index (χ4v) is 4.92. The van der Waals surface area contributed by atoms with Gasteiger partial charge in [-0.3, -0.25) is 4.90 Å². The molecular formula is C20H20ClN3O4S. The molecule has 0 radical (unpaired) electrons. The highest BCUT2D eigenvalue weighted by molar-refractivity contribution is 7.89. The quantitative estimate of drug-likeness (QED) is 0.672. The number of sulfonamides is 1. The number of halogens is 1. The Balaban J connectivity index is 1.78. The molecule has 1 aliphatic heterocycles. The minimum atomic E-state index is -3.72. The molecule has 0 unspecified atom stereocenters. The number of methoxy groups -OCH3 is 1. The Labute approximate surface area is 175 Å². The van der Waals surface area contributed by atoms with E-state index in [1.165, 1.54) is 23.5 Å².